The Labute approximate surface area is 82.5 Å². The number of carbonyl (C=O) groups excluding carboxylic acids is 1. The maximum Gasteiger partial charge on any atom is 0.189 e. The van der Waals surface area contributed by atoms with Crippen LogP contribution in [0.4, 0.5) is 0 Å². The minimum Gasteiger partial charge on any atom is -0.373 e. The number of hydrogen-bond donors (Lipinski definition) is 0. The van der Waals surface area contributed by atoms with Crippen LogP contribution in [0.25, 0.3) is 0 Å². The van der Waals surface area contributed by atoms with E-state index in [9.17, 15) is 4.79 Å². The highest BCUT2D eigenvalue weighted by atomic mass is 16.5. The van der Waals surface area contributed by atoms with Crippen LogP contribution in [0, 0.1) is 0 Å². The molecule has 1 aliphatic heterocycles. The number of hydrogen-bond acceptors (Lipinski definition) is 3. The van der Waals surface area contributed by atoms with Gasteiger partial charge in [-0.3, -0.25) is 9.79 Å². The van der Waals surface area contributed by atoms with E-state index in [1.54, 1.807) is 19.3 Å². The third kappa shape index (κ3) is 1.46. The van der Waals surface area contributed by atoms with Gasteiger partial charge in [-0.25, -0.2) is 0 Å². The fraction of sp³-hybridized carbons (Fsp3) is 0.273. The van der Waals surface area contributed by atoms with Gasteiger partial charge in [-0.1, -0.05) is 0 Å². The summed E-state index contributed by atoms with van der Waals surface area (Å²) in [6, 6.07) is 0. The average molecular weight is 189 g/mol. The Hall–Kier alpha value is -1.48. The molecule has 72 valence electrons. The van der Waals surface area contributed by atoms with Gasteiger partial charge in [0, 0.05) is 24.5 Å². The van der Waals surface area contributed by atoms with Crippen molar-refractivity contribution in [2.45, 2.75) is 13.0 Å². The summed E-state index contributed by atoms with van der Waals surface area (Å²) in [5, 5.41) is 0. The zero-order chi connectivity index (χ0) is 10.1. The molecule has 0 bridgehead atoms. The summed E-state index contributed by atoms with van der Waals surface area (Å²) in [4.78, 5) is 15.9. The minimum absolute atomic E-state index is 0.0129. The van der Waals surface area contributed by atoms with E-state index in [4.69, 9.17) is 4.74 Å². The second-order valence-corrected chi connectivity index (χ2v) is 3.29. The number of ketones is 1. The zero-order valence-corrected chi connectivity index (χ0v) is 8.15. The maximum absolute atomic E-state index is 11.6. The van der Waals surface area contributed by atoms with Crippen molar-refractivity contribution < 1.29 is 9.53 Å². The summed E-state index contributed by atoms with van der Waals surface area (Å²) in [6.07, 6.45) is 6.94. The maximum atomic E-state index is 11.6. The average Bonchev–Trinajstić information content (AvgIpc) is 2.17. The van der Waals surface area contributed by atoms with E-state index >= 15 is 0 Å². The quantitative estimate of drug-likeness (QED) is 0.625. The molecule has 3 nitrogen and oxygen atoms in total. The number of methoxy groups -OCH3 is 1. The fourth-order valence-electron chi connectivity index (χ4n) is 1.52. The highest BCUT2D eigenvalue weighted by molar-refractivity contribution is 6.31. The van der Waals surface area contributed by atoms with Gasteiger partial charge in [0.25, 0.3) is 0 Å². The zero-order valence-electron chi connectivity index (χ0n) is 8.15. The number of rotatable bonds is 1. The minimum atomic E-state index is -0.111. The Morgan fingerprint density at radius 2 is 2.29 bits per heavy atom. The molecule has 0 aromatic carbocycles. The summed E-state index contributed by atoms with van der Waals surface area (Å²) in [5.74, 6) is 0.0129. The Kier molecular flexibility index (Phi) is 2.17. The predicted molar refractivity (Wildman–Crippen MR) is 54.2 cm³/mol. The summed E-state index contributed by atoms with van der Waals surface area (Å²) in [6.45, 7) is 1.82. The molecule has 0 amide bonds. The first-order valence-corrected chi connectivity index (χ1v) is 4.45. The number of carbonyl (C=O) groups is 1. The van der Waals surface area contributed by atoms with Gasteiger partial charge in [0.2, 0.25) is 0 Å². The van der Waals surface area contributed by atoms with Crippen LogP contribution >= 0.6 is 0 Å². The van der Waals surface area contributed by atoms with E-state index in [-0.39, 0.29) is 11.9 Å². The van der Waals surface area contributed by atoms with Gasteiger partial charge in [-0.15, -0.1) is 0 Å². The number of ether oxygens (including phenoxy) is 1. The van der Waals surface area contributed by atoms with Gasteiger partial charge < -0.3 is 4.74 Å². The summed E-state index contributed by atoms with van der Waals surface area (Å²) in [5.41, 5.74) is 2.14. The molecule has 0 radical (unpaired) electrons. The molecule has 2 aliphatic rings. The second kappa shape index (κ2) is 3.35. The molecule has 1 heterocycles. The standard InChI is InChI=1S/C11H11NO2/c1-7-5-11(13)9-6-8(14-2)3-4-10(9)12-7/h3-6,8H,1-2H3. The fourth-order valence-corrected chi connectivity index (χ4v) is 1.52. The van der Waals surface area contributed by atoms with Gasteiger partial charge in [0.1, 0.15) is 0 Å². The Morgan fingerprint density at radius 1 is 1.50 bits per heavy atom. The second-order valence-electron chi connectivity index (χ2n) is 3.29. The SMILES string of the molecule is COC1C=CC2=NC(C)=CC(=O)C2=C1. The Bertz CT molecular complexity index is 400. The molecule has 0 spiro atoms. The van der Waals surface area contributed by atoms with Crippen LogP contribution in [0.3, 0.4) is 0 Å². The van der Waals surface area contributed by atoms with Crippen molar-refractivity contribution in [3.8, 4) is 0 Å². The van der Waals surface area contributed by atoms with Crippen LogP contribution < -0.4 is 0 Å². The molecule has 0 aromatic rings. The highest BCUT2D eigenvalue weighted by Crippen LogP contribution is 2.19. The molecule has 0 saturated heterocycles. The van der Waals surface area contributed by atoms with E-state index in [1.807, 2.05) is 19.1 Å². The molecule has 1 unspecified atom stereocenters. The van der Waals surface area contributed by atoms with Crippen molar-refractivity contribution in [3.63, 3.8) is 0 Å². The Balaban J connectivity index is 2.40. The molecule has 0 N–H and O–H groups in total. The normalized spacial score (nSPS) is 25.1. The summed E-state index contributed by atoms with van der Waals surface area (Å²) >= 11 is 0. The number of aliphatic imine (C=N–C) groups is 1. The molecule has 3 heteroatoms. The van der Waals surface area contributed by atoms with Crippen molar-refractivity contribution >= 4 is 11.5 Å². The third-order valence-electron chi connectivity index (χ3n) is 2.23. The van der Waals surface area contributed by atoms with Crippen LogP contribution in [0.2, 0.25) is 0 Å². The van der Waals surface area contributed by atoms with Crippen LogP contribution in [0.5, 0.6) is 0 Å². The number of nitrogens with zero attached hydrogens (tertiary/aromatic N) is 1. The third-order valence-corrected chi connectivity index (χ3v) is 2.23. The lowest BCUT2D eigenvalue weighted by molar-refractivity contribution is -0.111. The summed E-state index contributed by atoms with van der Waals surface area (Å²) < 4.78 is 5.12. The number of fused-ring (bicyclic) bond motifs is 1. The molecule has 0 saturated carbocycles. The predicted octanol–water partition coefficient (Wildman–Crippen LogP) is 1.43. The molecule has 1 aliphatic carbocycles. The van der Waals surface area contributed by atoms with Crippen LogP contribution in [-0.2, 0) is 9.53 Å². The number of allylic oxidation sites excluding steroid dienone is 4. The van der Waals surface area contributed by atoms with Gasteiger partial charge in [-0.2, -0.15) is 0 Å². The lowest BCUT2D eigenvalue weighted by Gasteiger charge is -2.17. The van der Waals surface area contributed by atoms with Gasteiger partial charge in [-0.05, 0) is 25.2 Å². The van der Waals surface area contributed by atoms with Crippen molar-refractivity contribution in [1.29, 1.82) is 0 Å². The van der Waals surface area contributed by atoms with Gasteiger partial charge in [0.15, 0.2) is 5.78 Å². The van der Waals surface area contributed by atoms with Crippen molar-refractivity contribution in [3.05, 3.63) is 35.6 Å². The molecule has 14 heavy (non-hydrogen) atoms. The topological polar surface area (TPSA) is 38.7 Å². The van der Waals surface area contributed by atoms with E-state index in [0.29, 0.717) is 5.57 Å². The van der Waals surface area contributed by atoms with Crippen molar-refractivity contribution in [2.75, 3.05) is 7.11 Å². The van der Waals surface area contributed by atoms with Crippen LogP contribution in [-0.4, -0.2) is 24.7 Å². The van der Waals surface area contributed by atoms with Crippen LogP contribution in [0.1, 0.15) is 6.92 Å². The van der Waals surface area contributed by atoms with Crippen LogP contribution in [0.15, 0.2) is 40.6 Å². The van der Waals surface area contributed by atoms with Crippen molar-refractivity contribution in [1.82, 2.24) is 0 Å². The molecule has 0 fully saturated rings. The molecule has 0 aromatic heterocycles. The first-order chi connectivity index (χ1) is 6.70. The Morgan fingerprint density at radius 3 is 3.00 bits per heavy atom. The highest BCUT2D eigenvalue weighted by Gasteiger charge is 2.21. The lowest BCUT2D eigenvalue weighted by atomic mass is 9.95. The molecular formula is C11H11NO2. The van der Waals surface area contributed by atoms with E-state index in [0.717, 1.165) is 11.4 Å². The van der Waals surface area contributed by atoms with Gasteiger partial charge in [0.05, 0.1) is 11.8 Å². The smallest absolute Gasteiger partial charge is 0.189 e. The van der Waals surface area contributed by atoms with Crippen molar-refractivity contribution in [2.24, 2.45) is 4.99 Å². The molecular weight excluding hydrogens is 178 g/mol. The van der Waals surface area contributed by atoms with Gasteiger partial charge >= 0.3 is 0 Å². The van der Waals surface area contributed by atoms with E-state index in [2.05, 4.69) is 4.99 Å². The first-order valence-electron chi connectivity index (χ1n) is 4.45. The summed E-state index contributed by atoms with van der Waals surface area (Å²) in [7, 11) is 1.61. The molecule has 2 rings (SSSR count). The monoisotopic (exact) mass is 189 g/mol. The van der Waals surface area contributed by atoms with E-state index < -0.39 is 0 Å². The first kappa shape index (κ1) is 9.09. The van der Waals surface area contributed by atoms with E-state index in [1.165, 1.54) is 0 Å². The lowest BCUT2D eigenvalue weighted by Crippen LogP contribution is -2.21. The molecule has 1 atom stereocenters. The largest absolute Gasteiger partial charge is 0.373 e.